The second-order valence-corrected chi connectivity index (χ2v) is 4.62. The minimum absolute atomic E-state index is 0.379. The summed E-state index contributed by atoms with van der Waals surface area (Å²) in [6, 6.07) is 3.77. The molecular formula is C13H17ClN2O3. The highest BCUT2D eigenvalue weighted by atomic mass is 35.5. The van der Waals surface area contributed by atoms with Crippen LogP contribution in [0.3, 0.4) is 0 Å². The van der Waals surface area contributed by atoms with Crippen molar-refractivity contribution in [2.75, 3.05) is 5.32 Å². The average molecular weight is 285 g/mol. The van der Waals surface area contributed by atoms with E-state index < -0.39 is 18.0 Å². The first kappa shape index (κ1) is 15.3. The second kappa shape index (κ2) is 6.99. The minimum atomic E-state index is -1.05. The van der Waals surface area contributed by atoms with Crippen molar-refractivity contribution in [3.63, 3.8) is 0 Å². The summed E-state index contributed by atoms with van der Waals surface area (Å²) in [4.78, 5) is 22.7. The van der Waals surface area contributed by atoms with E-state index in [0.29, 0.717) is 23.6 Å². The molecule has 0 spiro atoms. The smallest absolute Gasteiger partial charge is 0.326 e. The molecule has 0 saturated carbocycles. The standard InChI is InChI=1S/C13H17ClN2O3/c1-3-5-10(12(17)18)15-13(19)16-11-8(2)6-4-7-9(11)14/h4,6-7,10H,3,5H2,1-2H3,(H,17,18)(H2,15,16,19)/t10-/m1/s1. The second-order valence-electron chi connectivity index (χ2n) is 4.21. The molecule has 0 unspecified atom stereocenters. The summed E-state index contributed by atoms with van der Waals surface area (Å²) < 4.78 is 0. The van der Waals surface area contributed by atoms with Crippen LogP contribution in [0.5, 0.6) is 0 Å². The fourth-order valence-electron chi connectivity index (χ4n) is 1.64. The van der Waals surface area contributed by atoms with Gasteiger partial charge in [-0.15, -0.1) is 0 Å². The van der Waals surface area contributed by atoms with Crippen molar-refractivity contribution in [1.29, 1.82) is 0 Å². The molecular weight excluding hydrogens is 268 g/mol. The lowest BCUT2D eigenvalue weighted by atomic mass is 10.2. The van der Waals surface area contributed by atoms with E-state index in [4.69, 9.17) is 16.7 Å². The summed E-state index contributed by atoms with van der Waals surface area (Å²) in [6.45, 7) is 3.66. The van der Waals surface area contributed by atoms with E-state index in [9.17, 15) is 9.59 Å². The number of halogens is 1. The Morgan fingerprint density at radius 1 is 1.42 bits per heavy atom. The van der Waals surface area contributed by atoms with Crippen molar-refractivity contribution in [1.82, 2.24) is 5.32 Å². The third-order valence-electron chi connectivity index (χ3n) is 2.64. The predicted octanol–water partition coefficient (Wildman–Crippen LogP) is 3.02. The number of carboxylic acid groups (broad SMARTS) is 1. The minimum Gasteiger partial charge on any atom is -0.480 e. The van der Waals surface area contributed by atoms with Crippen LogP contribution in [-0.4, -0.2) is 23.1 Å². The van der Waals surface area contributed by atoms with Crippen LogP contribution in [0.2, 0.25) is 5.02 Å². The van der Waals surface area contributed by atoms with E-state index in [1.807, 2.05) is 19.9 Å². The quantitative estimate of drug-likeness (QED) is 0.777. The first-order valence-electron chi connectivity index (χ1n) is 6.01. The average Bonchev–Trinajstić information content (AvgIpc) is 2.33. The van der Waals surface area contributed by atoms with Gasteiger partial charge >= 0.3 is 12.0 Å². The van der Waals surface area contributed by atoms with Gasteiger partial charge in [0.25, 0.3) is 0 Å². The molecule has 0 fully saturated rings. The maximum atomic E-state index is 11.8. The zero-order valence-corrected chi connectivity index (χ0v) is 11.6. The summed E-state index contributed by atoms with van der Waals surface area (Å²) in [6.07, 6.45) is 1.05. The Bertz CT molecular complexity index is 457. The highest BCUT2D eigenvalue weighted by Gasteiger charge is 2.19. The molecule has 104 valence electrons. The number of urea groups is 1. The zero-order chi connectivity index (χ0) is 14.4. The third-order valence-corrected chi connectivity index (χ3v) is 2.96. The molecule has 0 aliphatic rings. The van der Waals surface area contributed by atoms with Gasteiger partial charge in [0, 0.05) is 0 Å². The van der Waals surface area contributed by atoms with Crippen LogP contribution in [0.4, 0.5) is 10.5 Å². The van der Waals surface area contributed by atoms with Crippen molar-refractivity contribution in [2.45, 2.75) is 32.7 Å². The normalized spacial score (nSPS) is 11.7. The van der Waals surface area contributed by atoms with Gasteiger partial charge < -0.3 is 15.7 Å². The highest BCUT2D eigenvalue weighted by molar-refractivity contribution is 6.33. The molecule has 1 atom stereocenters. The molecule has 0 aliphatic carbocycles. The van der Waals surface area contributed by atoms with E-state index in [2.05, 4.69) is 10.6 Å². The number of aliphatic carboxylic acids is 1. The van der Waals surface area contributed by atoms with E-state index >= 15 is 0 Å². The number of aryl methyl sites for hydroxylation is 1. The lowest BCUT2D eigenvalue weighted by Crippen LogP contribution is -2.43. The van der Waals surface area contributed by atoms with Crippen molar-refractivity contribution in [3.05, 3.63) is 28.8 Å². The van der Waals surface area contributed by atoms with Gasteiger partial charge in [-0.3, -0.25) is 0 Å². The Morgan fingerprint density at radius 2 is 2.11 bits per heavy atom. The van der Waals surface area contributed by atoms with Gasteiger partial charge in [-0.2, -0.15) is 0 Å². The molecule has 19 heavy (non-hydrogen) atoms. The summed E-state index contributed by atoms with van der Waals surface area (Å²) in [5, 5.41) is 14.4. The van der Waals surface area contributed by atoms with Gasteiger partial charge in [0.2, 0.25) is 0 Å². The molecule has 6 heteroatoms. The number of hydrogen-bond acceptors (Lipinski definition) is 2. The lowest BCUT2D eigenvalue weighted by Gasteiger charge is -2.15. The summed E-state index contributed by atoms with van der Waals surface area (Å²) in [7, 11) is 0. The maximum Gasteiger partial charge on any atom is 0.326 e. The Labute approximate surface area is 117 Å². The van der Waals surface area contributed by atoms with Gasteiger partial charge in [0.05, 0.1) is 10.7 Å². The lowest BCUT2D eigenvalue weighted by molar-refractivity contribution is -0.139. The number of nitrogens with one attached hydrogen (secondary N) is 2. The van der Waals surface area contributed by atoms with Crippen LogP contribution < -0.4 is 10.6 Å². The molecule has 1 aromatic carbocycles. The topological polar surface area (TPSA) is 78.4 Å². The molecule has 0 saturated heterocycles. The number of anilines is 1. The number of carbonyl (C=O) groups excluding carboxylic acids is 1. The number of rotatable bonds is 5. The number of carbonyl (C=O) groups is 2. The molecule has 0 radical (unpaired) electrons. The van der Waals surface area contributed by atoms with Crippen molar-refractivity contribution >= 4 is 29.3 Å². The van der Waals surface area contributed by atoms with Gasteiger partial charge in [-0.25, -0.2) is 9.59 Å². The molecule has 1 aromatic rings. The zero-order valence-electron chi connectivity index (χ0n) is 10.9. The molecule has 0 bridgehead atoms. The van der Waals surface area contributed by atoms with Gasteiger partial charge in [0.15, 0.2) is 0 Å². The number of carboxylic acids is 1. The Kier molecular flexibility index (Phi) is 5.63. The van der Waals surface area contributed by atoms with E-state index in [1.165, 1.54) is 0 Å². The van der Waals surface area contributed by atoms with E-state index in [1.54, 1.807) is 12.1 Å². The number of para-hydroxylation sites is 1. The van der Waals surface area contributed by atoms with Crippen molar-refractivity contribution < 1.29 is 14.7 Å². The first-order chi connectivity index (χ1) is 8.95. The molecule has 5 nitrogen and oxygen atoms in total. The van der Waals surface area contributed by atoms with E-state index in [0.717, 1.165) is 5.56 Å². The van der Waals surface area contributed by atoms with Crippen LogP contribution in [0.1, 0.15) is 25.3 Å². The fourth-order valence-corrected chi connectivity index (χ4v) is 1.91. The van der Waals surface area contributed by atoms with Crippen molar-refractivity contribution in [3.8, 4) is 0 Å². The van der Waals surface area contributed by atoms with Crippen molar-refractivity contribution in [2.24, 2.45) is 0 Å². The number of benzene rings is 1. The third kappa shape index (κ3) is 4.44. The van der Waals surface area contributed by atoms with E-state index in [-0.39, 0.29) is 0 Å². The SMILES string of the molecule is CCC[C@@H](NC(=O)Nc1c(C)cccc1Cl)C(=O)O. The monoisotopic (exact) mass is 284 g/mol. The van der Waals surface area contributed by atoms with Gasteiger partial charge in [-0.1, -0.05) is 37.1 Å². The molecule has 0 aromatic heterocycles. The van der Waals surface area contributed by atoms with Crippen LogP contribution in [-0.2, 0) is 4.79 Å². The van der Waals surface area contributed by atoms with Gasteiger partial charge in [-0.05, 0) is 25.0 Å². The fraction of sp³-hybridized carbons (Fsp3) is 0.385. The molecule has 3 N–H and O–H groups in total. The Morgan fingerprint density at radius 3 is 2.63 bits per heavy atom. The van der Waals surface area contributed by atoms with Crippen LogP contribution in [0.15, 0.2) is 18.2 Å². The van der Waals surface area contributed by atoms with Crippen LogP contribution in [0.25, 0.3) is 0 Å². The molecule has 0 heterocycles. The Balaban J connectivity index is 2.72. The molecule has 2 amide bonds. The molecule has 0 aliphatic heterocycles. The number of hydrogen-bond donors (Lipinski definition) is 3. The number of amides is 2. The maximum absolute atomic E-state index is 11.8. The highest BCUT2D eigenvalue weighted by Crippen LogP contribution is 2.24. The summed E-state index contributed by atoms with van der Waals surface area (Å²) >= 11 is 5.98. The van der Waals surface area contributed by atoms with Crippen LogP contribution >= 0.6 is 11.6 Å². The molecule has 1 rings (SSSR count). The van der Waals surface area contributed by atoms with Gasteiger partial charge in [0.1, 0.15) is 6.04 Å². The summed E-state index contributed by atoms with van der Waals surface area (Å²) in [5.74, 6) is -1.05. The first-order valence-corrected chi connectivity index (χ1v) is 6.39. The van der Waals surface area contributed by atoms with Crippen LogP contribution in [0, 0.1) is 6.92 Å². The summed E-state index contributed by atoms with van der Waals surface area (Å²) in [5.41, 5.74) is 1.30. The largest absolute Gasteiger partial charge is 0.480 e. The Hall–Kier alpha value is -1.75. The predicted molar refractivity (Wildman–Crippen MR) is 74.7 cm³/mol.